The highest BCUT2D eigenvalue weighted by Gasteiger charge is 2.41. The van der Waals surface area contributed by atoms with Crippen molar-refractivity contribution in [2.45, 2.75) is 63.5 Å². The minimum absolute atomic E-state index is 0.0854. The van der Waals surface area contributed by atoms with E-state index in [-0.39, 0.29) is 23.2 Å². The number of anilines is 1. The van der Waals surface area contributed by atoms with E-state index in [0.717, 1.165) is 23.4 Å². The molecule has 0 radical (unpaired) electrons. The van der Waals surface area contributed by atoms with Gasteiger partial charge in [-0.1, -0.05) is 26.8 Å². The van der Waals surface area contributed by atoms with Crippen LogP contribution in [0.5, 0.6) is 5.75 Å². The molecule has 28 heavy (non-hydrogen) atoms. The van der Waals surface area contributed by atoms with Gasteiger partial charge in [-0.05, 0) is 42.5 Å². The average molecular weight is 424 g/mol. The van der Waals surface area contributed by atoms with Gasteiger partial charge < -0.3 is 30.3 Å². The zero-order chi connectivity index (χ0) is 20.5. The molecule has 0 bridgehead atoms. The van der Waals surface area contributed by atoms with E-state index in [0.29, 0.717) is 24.9 Å². The van der Waals surface area contributed by atoms with E-state index in [9.17, 15) is 0 Å². The Morgan fingerprint density at radius 1 is 1.36 bits per heavy atom. The van der Waals surface area contributed by atoms with Crippen molar-refractivity contribution in [2.75, 3.05) is 25.1 Å². The van der Waals surface area contributed by atoms with Crippen molar-refractivity contribution in [1.29, 1.82) is 0 Å². The smallest absolute Gasteiger partial charge is 0.192 e. The average Bonchev–Trinajstić information content (AvgIpc) is 3.20. The maximum absolute atomic E-state index is 6.35. The van der Waals surface area contributed by atoms with Crippen LogP contribution in [0.1, 0.15) is 26.3 Å². The van der Waals surface area contributed by atoms with Crippen LogP contribution in [-0.2, 0) is 15.6 Å². The summed E-state index contributed by atoms with van der Waals surface area (Å²) >= 11 is 5.56. The highest BCUT2D eigenvalue weighted by molar-refractivity contribution is 7.80. The van der Waals surface area contributed by atoms with Crippen molar-refractivity contribution >= 4 is 31.3 Å². The second-order valence-electron chi connectivity index (χ2n) is 9.11. The highest BCUT2D eigenvalue weighted by atomic mass is 32.1. The van der Waals surface area contributed by atoms with Crippen molar-refractivity contribution in [2.24, 2.45) is 5.73 Å². The Kier molecular flexibility index (Phi) is 6.36. The lowest BCUT2D eigenvalue weighted by Gasteiger charge is -2.37. The summed E-state index contributed by atoms with van der Waals surface area (Å²) < 4.78 is 17.9. The number of hydrogen-bond acceptors (Lipinski definition) is 5. The summed E-state index contributed by atoms with van der Waals surface area (Å²) in [7, 11) is -1.85. The van der Waals surface area contributed by atoms with Crippen LogP contribution < -0.4 is 21.1 Å². The Bertz CT molecular complexity index is 723. The second-order valence-corrected chi connectivity index (χ2v) is 14.3. The SMILES string of the molecule is CC(C)(C)[Si](C)(C)OC[C@H]1OC[C@@H](N)[C@H]1NC(=S)Nc1cccc2c1CCO2. The van der Waals surface area contributed by atoms with Crippen LogP contribution in [-0.4, -0.2) is 51.4 Å². The monoisotopic (exact) mass is 423 g/mol. The molecule has 4 N–H and O–H groups in total. The van der Waals surface area contributed by atoms with Crippen molar-refractivity contribution < 1.29 is 13.9 Å². The molecule has 0 aromatic heterocycles. The van der Waals surface area contributed by atoms with Crippen LogP contribution in [0.15, 0.2) is 18.2 Å². The van der Waals surface area contributed by atoms with Crippen LogP contribution in [0.4, 0.5) is 5.69 Å². The zero-order valence-corrected chi connectivity index (χ0v) is 19.3. The largest absolute Gasteiger partial charge is 0.493 e. The molecular weight excluding hydrogens is 390 g/mol. The molecule has 2 heterocycles. The lowest BCUT2D eigenvalue weighted by molar-refractivity contribution is 0.0540. The van der Waals surface area contributed by atoms with Gasteiger partial charge in [0.05, 0.1) is 31.9 Å². The first-order chi connectivity index (χ1) is 13.1. The maximum Gasteiger partial charge on any atom is 0.192 e. The minimum Gasteiger partial charge on any atom is -0.493 e. The van der Waals surface area contributed by atoms with Gasteiger partial charge in [0.15, 0.2) is 13.4 Å². The predicted octanol–water partition coefficient (Wildman–Crippen LogP) is 3.02. The van der Waals surface area contributed by atoms with Crippen molar-refractivity contribution in [1.82, 2.24) is 5.32 Å². The number of fused-ring (bicyclic) bond motifs is 1. The molecule has 156 valence electrons. The number of nitrogens with one attached hydrogen (secondary N) is 2. The van der Waals surface area contributed by atoms with E-state index in [2.05, 4.69) is 44.5 Å². The van der Waals surface area contributed by atoms with Gasteiger partial charge in [-0.2, -0.15) is 0 Å². The van der Waals surface area contributed by atoms with Crippen molar-refractivity contribution in [3.8, 4) is 5.75 Å². The van der Waals surface area contributed by atoms with E-state index in [4.69, 9.17) is 31.9 Å². The maximum atomic E-state index is 6.35. The molecule has 0 unspecified atom stereocenters. The Hall–Kier alpha value is -1.19. The highest BCUT2D eigenvalue weighted by Crippen LogP contribution is 2.37. The van der Waals surface area contributed by atoms with Crippen LogP contribution >= 0.6 is 12.2 Å². The third-order valence-corrected chi connectivity index (χ3v) is 10.8. The Labute approximate surface area is 174 Å². The zero-order valence-electron chi connectivity index (χ0n) is 17.5. The summed E-state index contributed by atoms with van der Waals surface area (Å²) in [6.07, 6.45) is 0.768. The lowest BCUT2D eigenvalue weighted by Crippen LogP contribution is -2.53. The molecule has 1 aromatic rings. The number of rotatable bonds is 5. The van der Waals surface area contributed by atoms with Crippen molar-refractivity contribution in [3.63, 3.8) is 0 Å². The first-order valence-corrected chi connectivity index (χ1v) is 13.2. The van der Waals surface area contributed by atoms with Crippen LogP contribution in [0.25, 0.3) is 0 Å². The molecule has 8 heteroatoms. The van der Waals surface area contributed by atoms with Gasteiger partial charge in [0, 0.05) is 17.7 Å². The summed E-state index contributed by atoms with van der Waals surface area (Å²) in [4.78, 5) is 0. The third-order valence-electron chi connectivity index (χ3n) is 6.07. The van der Waals surface area contributed by atoms with E-state index < -0.39 is 8.32 Å². The number of hydrogen-bond donors (Lipinski definition) is 3. The van der Waals surface area contributed by atoms with Gasteiger partial charge in [-0.25, -0.2) is 0 Å². The molecule has 2 aliphatic heterocycles. The summed E-state index contributed by atoms with van der Waals surface area (Å²) in [5, 5.41) is 7.36. The second kappa shape index (κ2) is 8.28. The van der Waals surface area contributed by atoms with Gasteiger partial charge in [0.1, 0.15) is 11.9 Å². The molecule has 0 saturated carbocycles. The predicted molar refractivity (Wildman–Crippen MR) is 120 cm³/mol. The molecular formula is C20H33N3O3SSi. The molecule has 3 atom stereocenters. The first-order valence-electron chi connectivity index (χ1n) is 9.92. The Morgan fingerprint density at radius 3 is 2.82 bits per heavy atom. The quantitative estimate of drug-likeness (QED) is 0.496. The Morgan fingerprint density at radius 2 is 2.11 bits per heavy atom. The topological polar surface area (TPSA) is 77.8 Å². The van der Waals surface area contributed by atoms with Crippen LogP contribution in [0.2, 0.25) is 18.1 Å². The fourth-order valence-corrected chi connectivity index (χ4v) is 4.49. The molecule has 0 spiro atoms. The summed E-state index contributed by atoms with van der Waals surface area (Å²) in [5.74, 6) is 0.925. The molecule has 0 amide bonds. The minimum atomic E-state index is -1.85. The Balaban J connectivity index is 1.60. The van der Waals surface area contributed by atoms with Gasteiger partial charge in [0.25, 0.3) is 0 Å². The number of benzene rings is 1. The normalized spacial score (nSPS) is 24.6. The van der Waals surface area contributed by atoms with E-state index >= 15 is 0 Å². The molecule has 1 saturated heterocycles. The van der Waals surface area contributed by atoms with Crippen molar-refractivity contribution in [3.05, 3.63) is 23.8 Å². The molecule has 6 nitrogen and oxygen atoms in total. The summed E-state index contributed by atoms with van der Waals surface area (Å²) in [6.45, 7) is 12.9. The fourth-order valence-electron chi connectivity index (χ4n) is 3.23. The summed E-state index contributed by atoms with van der Waals surface area (Å²) in [5.41, 5.74) is 8.43. The first kappa shape index (κ1) is 21.5. The summed E-state index contributed by atoms with van der Waals surface area (Å²) in [6, 6.07) is 5.76. The van der Waals surface area contributed by atoms with E-state index in [1.807, 2.05) is 18.2 Å². The standard InChI is InChI=1S/C20H33N3O3SSi/c1-20(2,3)28(4,5)26-12-17-18(14(21)11-25-17)23-19(27)22-15-7-6-8-16-13(15)9-10-24-16/h6-8,14,17-18H,9-12,21H2,1-5H3,(H2,22,23,27)/t14-,17-,18-/m1/s1. The fraction of sp³-hybridized carbons (Fsp3) is 0.650. The van der Waals surface area contributed by atoms with Crippen LogP contribution in [0.3, 0.4) is 0 Å². The molecule has 0 aliphatic carbocycles. The van der Waals surface area contributed by atoms with Gasteiger partial charge in [-0.15, -0.1) is 0 Å². The molecule has 1 aromatic carbocycles. The molecule has 3 rings (SSSR count). The number of nitrogens with two attached hydrogens (primary N) is 1. The van der Waals surface area contributed by atoms with Gasteiger partial charge in [0.2, 0.25) is 0 Å². The lowest BCUT2D eigenvalue weighted by atomic mass is 10.1. The third kappa shape index (κ3) is 4.68. The van der Waals surface area contributed by atoms with Crippen LogP contribution in [0, 0.1) is 0 Å². The number of ether oxygens (including phenoxy) is 2. The van der Waals surface area contributed by atoms with Gasteiger partial charge >= 0.3 is 0 Å². The van der Waals surface area contributed by atoms with Gasteiger partial charge in [-0.3, -0.25) is 0 Å². The van der Waals surface area contributed by atoms with E-state index in [1.54, 1.807) is 0 Å². The van der Waals surface area contributed by atoms with E-state index in [1.165, 1.54) is 0 Å². The molecule has 1 fully saturated rings. The number of thiocarbonyl (C=S) groups is 1. The molecule has 2 aliphatic rings.